The van der Waals surface area contributed by atoms with E-state index in [9.17, 15) is 0 Å². The molecule has 0 saturated heterocycles. The smallest absolute Gasteiger partial charge is 0.0700 e. The molecule has 1 aliphatic rings. The second-order valence-corrected chi connectivity index (χ2v) is 4.14. The van der Waals surface area contributed by atoms with E-state index in [2.05, 4.69) is 0 Å². The van der Waals surface area contributed by atoms with Crippen molar-refractivity contribution in [1.29, 1.82) is 0 Å². The summed E-state index contributed by atoms with van der Waals surface area (Å²) in [4.78, 5) is 0. The van der Waals surface area contributed by atoms with Crippen molar-refractivity contribution >= 4 is 11.6 Å². The first-order valence-corrected chi connectivity index (χ1v) is 5.59. The van der Waals surface area contributed by atoms with Crippen molar-refractivity contribution in [1.82, 2.24) is 0 Å². The van der Waals surface area contributed by atoms with Crippen molar-refractivity contribution in [3.05, 3.63) is 0 Å². The van der Waals surface area contributed by atoms with Crippen LogP contribution in [0.3, 0.4) is 0 Å². The molecule has 3 nitrogen and oxygen atoms in total. The van der Waals surface area contributed by atoms with Crippen molar-refractivity contribution in [3.8, 4) is 0 Å². The number of methoxy groups -OCH3 is 1. The molecule has 0 aromatic heterocycles. The SMILES string of the molecule is COCCOCCCOC1CC(Cl)C1. The highest BCUT2D eigenvalue weighted by molar-refractivity contribution is 6.21. The predicted molar refractivity (Wildman–Crippen MR) is 55.9 cm³/mol. The molecule has 0 aromatic rings. The number of hydrogen-bond acceptors (Lipinski definition) is 3. The summed E-state index contributed by atoms with van der Waals surface area (Å²) in [6, 6.07) is 0. The molecule has 1 aliphatic carbocycles. The van der Waals surface area contributed by atoms with Crippen LogP contribution in [0.2, 0.25) is 0 Å². The standard InChI is InChI=1S/C10H19ClO3/c1-12-5-6-13-3-2-4-14-10-7-9(11)8-10/h9-10H,2-8H2,1H3. The predicted octanol–water partition coefficient (Wildman–Crippen LogP) is 1.83. The zero-order valence-electron chi connectivity index (χ0n) is 8.71. The molecule has 0 atom stereocenters. The van der Waals surface area contributed by atoms with Gasteiger partial charge >= 0.3 is 0 Å². The lowest BCUT2D eigenvalue weighted by Crippen LogP contribution is -2.32. The van der Waals surface area contributed by atoms with Gasteiger partial charge < -0.3 is 14.2 Å². The Labute approximate surface area is 90.7 Å². The Morgan fingerprint density at radius 1 is 1.14 bits per heavy atom. The van der Waals surface area contributed by atoms with Gasteiger partial charge in [-0.2, -0.15) is 0 Å². The van der Waals surface area contributed by atoms with Crippen molar-refractivity contribution in [2.45, 2.75) is 30.7 Å². The highest BCUT2D eigenvalue weighted by Crippen LogP contribution is 2.27. The minimum atomic E-state index is 0.345. The fourth-order valence-electron chi connectivity index (χ4n) is 1.29. The Morgan fingerprint density at radius 3 is 2.57 bits per heavy atom. The Morgan fingerprint density at radius 2 is 1.93 bits per heavy atom. The van der Waals surface area contributed by atoms with Gasteiger partial charge in [0.1, 0.15) is 0 Å². The van der Waals surface area contributed by atoms with Crippen LogP contribution in [0.5, 0.6) is 0 Å². The molecule has 0 spiro atoms. The number of halogens is 1. The van der Waals surface area contributed by atoms with Crippen molar-refractivity contribution in [2.75, 3.05) is 33.5 Å². The summed E-state index contributed by atoms with van der Waals surface area (Å²) >= 11 is 5.82. The number of ether oxygens (including phenoxy) is 3. The van der Waals surface area contributed by atoms with Crippen LogP contribution in [0, 0.1) is 0 Å². The normalized spacial score (nSPS) is 26.1. The maximum Gasteiger partial charge on any atom is 0.0700 e. The largest absolute Gasteiger partial charge is 0.382 e. The molecule has 4 heteroatoms. The zero-order valence-corrected chi connectivity index (χ0v) is 9.46. The summed E-state index contributed by atoms with van der Waals surface area (Å²) in [5, 5.41) is 0.345. The van der Waals surface area contributed by atoms with Crippen LogP contribution in [-0.4, -0.2) is 45.0 Å². The summed E-state index contributed by atoms with van der Waals surface area (Å²) in [6.45, 7) is 2.86. The molecule has 0 radical (unpaired) electrons. The molecule has 1 rings (SSSR count). The van der Waals surface area contributed by atoms with Crippen molar-refractivity contribution in [3.63, 3.8) is 0 Å². The minimum Gasteiger partial charge on any atom is -0.382 e. The van der Waals surface area contributed by atoms with Crippen LogP contribution >= 0.6 is 11.6 Å². The quantitative estimate of drug-likeness (QED) is 0.463. The Kier molecular flexibility index (Phi) is 6.52. The maximum absolute atomic E-state index is 5.82. The van der Waals surface area contributed by atoms with Gasteiger partial charge in [0, 0.05) is 25.7 Å². The highest BCUT2D eigenvalue weighted by atomic mass is 35.5. The topological polar surface area (TPSA) is 27.7 Å². The fourth-order valence-corrected chi connectivity index (χ4v) is 1.69. The lowest BCUT2D eigenvalue weighted by molar-refractivity contribution is -0.00936. The van der Waals surface area contributed by atoms with Crippen LogP contribution in [0.25, 0.3) is 0 Å². The summed E-state index contributed by atoms with van der Waals surface area (Å²) < 4.78 is 15.7. The van der Waals surface area contributed by atoms with Gasteiger partial charge in [0.2, 0.25) is 0 Å². The Balaban J connectivity index is 1.72. The van der Waals surface area contributed by atoms with Gasteiger partial charge in [-0.1, -0.05) is 0 Å². The first-order chi connectivity index (χ1) is 6.83. The van der Waals surface area contributed by atoms with Gasteiger partial charge in [-0.05, 0) is 19.3 Å². The fraction of sp³-hybridized carbons (Fsp3) is 1.00. The van der Waals surface area contributed by atoms with Crippen LogP contribution in [0.4, 0.5) is 0 Å². The third-order valence-electron chi connectivity index (χ3n) is 2.26. The molecular weight excluding hydrogens is 204 g/mol. The summed E-state index contributed by atoms with van der Waals surface area (Å²) in [5.41, 5.74) is 0. The summed E-state index contributed by atoms with van der Waals surface area (Å²) in [5.74, 6) is 0. The van der Waals surface area contributed by atoms with E-state index in [0.29, 0.717) is 24.7 Å². The van der Waals surface area contributed by atoms with Gasteiger partial charge in [0.05, 0.1) is 19.3 Å². The monoisotopic (exact) mass is 222 g/mol. The Bertz CT molecular complexity index is 137. The van der Waals surface area contributed by atoms with E-state index in [1.807, 2.05) is 0 Å². The van der Waals surface area contributed by atoms with Crippen LogP contribution < -0.4 is 0 Å². The number of alkyl halides is 1. The minimum absolute atomic E-state index is 0.345. The Hall–Kier alpha value is 0.170. The molecule has 0 unspecified atom stereocenters. The molecule has 84 valence electrons. The average molecular weight is 223 g/mol. The first kappa shape index (κ1) is 12.2. The van der Waals surface area contributed by atoms with E-state index in [0.717, 1.165) is 32.5 Å². The van der Waals surface area contributed by atoms with E-state index in [1.54, 1.807) is 7.11 Å². The third-order valence-corrected chi connectivity index (χ3v) is 2.61. The van der Waals surface area contributed by atoms with E-state index in [-0.39, 0.29) is 0 Å². The summed E-state index contributed by atoms with van der Waals surface area (Å²) in [6.07, 6.45) is 3.36. The van der Waals surface area contributed by atoms with Crippen molar-refractivity contribution in [2.24, 2.45) is 0 Å². The lowest BCUT2D eigenvalue weighted by Gasteiger charge is -2.30. The molecule has 1 saturated carbocycles. The first-order valence-electron chi connectivity index (χ1n) is 5.15. The van der Waals surface area contributed by atoms with E-state index < -0.39 is 0 Å². The van der Waals surface area contributed by atoms with Crippen LogP contribution in [-0.2, 0) is 14.2 Å². The molecule has 14 heavy (non-hydrogen) atoms. The van der Waals surface area contributed by atoms with Crippen molar-refractivity contribution < 1.29 is 14.2 Å². The molecule has 1 fully saturated rings. The van der Waals surface area contributed by atoms with Gasteiger partial charge in [0.15, 0.2) is 0 Å². The van der Waals surface area contributed by atoms with Crippen LogP contribution in [0.15, 0.2) is 0 Å². The molecular formula is C10H19ClO3. The molecule has 0 amide bonds. The highest BCUT2D eigenvalue weighted by Gasteiger charge is 2.27. The molecule has 0 aliphatic heterocycles. The van der Waals surface area contributed by atoms with Gasteiger partial charge in [0.25, 0.3) is 0 Å². The lowest BCUT2D eigenvalue weighted by atomic mass is 9.95. The van der Waals surface area contributed by atoms with Crippen LogP contribution in [0.1, 0.15) is 19.3 Å². The van der Waals surface area contributed by atoms with E-state index >= 15 is 0 Å². The molecule has 0 aromatic carbocycles. The molecule has 0 N–H and O–H groups in total. The average Bonchev–Trinajstić information content (AvgIpc) is 2.13. The van der Waals surface area contributed by atoms with E-state index in [1.165, 1.54) is 0 Å². The van der Waals surface area contributed by atoms with Gasteiger partial charge in [-0.15, -0.1) is 11.6 Å². The summed E-state index contributed by atoms with van der Waals surface area (Å²) in [7, 11) is 1.67. The van der Waals surface area contributed by atoms with E-state index in [4.69, 9.17) is 25.8 Å². The van der Waals surface area contributed by atoms with Gasteiger partial charge in [-0.25, -0.2) is 0 Å². The molecule has 0 heterocycles. The second kappa shape index (κ2) is 7.46. The maximum atomic E-state index is 5.82. The zero-order chi connectivity index (χ0) is 10.2. The number of rotatable bonds is 8. The third kappa shape index (κ3) is 5.15. The van der Waals surface area contributed by atoms with Gasteiger partial charge in [-0.3, -0.25) is 0 Å². The second-order valence-electron chi connectivity index (χ2n) is 3.52. The molecule has 0 bridgehead atoms. The number of hydrogen-bond donors (Lipinski definition) is 0.